The van der Waals surface area contributed by atoms with Gasteiger partial charge in [-0.3, -0.25) is 4.79 Å². The Bertz CT molecular complexity index is 1120. The second-order valence-corrected chi connectivity index (χ2v) is 6.66. The zero-order valence-corrected chi connectivity index (χ0v) is 14.5. The first kappa shape index (κ1) is 15.7. The lowest BCUT2D eigenvalue weighted by molar-refractivity contribution is 0.901. The van der Waals surface area contributed by atoms with Gasteiger partial charge in [-0.15, -0.1) is 0 Å². The molecule has 0 amide bonds. The van der Waals surface area contributed by atoms with Crippen molar-refractivity contribution < 1.29 is 0 Å². The van der Waals surface area contributed by atoms with E-state index in [2.05, 4.69) is 10.1 Å². The van der Waals surface area contributed by atoms with Gasteiger partial charge in [-0.2, -0.15) is 9.61 Å². The summed E-state index contributed by atoms with van der Waals surface area (Å²) in [5.41, 5.74) is 2.03. The number of rotatable bonds is 3. The summed E-state index contributed by atoms with van der Waals surface area (Å²) in [6, 6.07) is 19.5. The van der Waals surface area contributed by atoms with Gasteiger partial charge in [0.1, 0.15) is 10.0 Å². The zero-order valence-electron chi connectivity index (χ0n) is 13.0. The summed E-state index contributed by atoms with van der Waals surface area (Å²) in [5, 5.41) is 5.15. The van der Waals surface area contributed by atoms with Crippen LogP contribution in [-0.2, 0) is 0 Å². The van der Waals surface area contributed by atoms with E-state index in [9.17, 15) is 4.79 Å². The standard InChI is InChI=1S/C19H12ClN3OS/c20-16-15(12-11-13-7-3-1-4-8-13)21-19-23(18(16)24)22-17(25-19)14-9-5-2-6-10-14/h1-12H/b12-11+. The molecule has 0 saturated carbocycles. The zero-order chi connectivity index (χ0) is 17.2. The van der Waals surface area contributed by atoms with Crippen LogP contribution in [0.3, 0.4) is 0 Å². The Kier molecular flexibility index (Phi) is 4.17. The summed E-state index contributed by atoms with van der Waals surface area (Å²) in [5.74, 6) is 0. The molecule has 4 rings (SSSR count). The van der Waals surface area contributed by atoms with Crippen molar-refractivity contribution in [3.63, 3.8) is 0 Å². The Morgan fingerprint density at radius 3 is 2.36 bits per heavy atom. The minimum absolute atomic E-state index is 0.0644. The lowest BCUT2D eigenvalue weighted by Crippen LogP contribution is -2.16. The molecule has 0 spiro atoms. The molecule has 0 saturated heterocycles. The van der Waals surface area contributed by atoms with Crippen LogP contribution in [0.5, 0.6) is 0 Å². The molecule has 4 aromatic rings. The van der Waals surface area contributed by atoms with E-state index in [0.717, 1.165) is 16.1 Å². The van der Waals surface area contributed by atoms with Crippen LogP contribution in [0.1, 0.15) is 11.3 Å². The van der Waals surface area contributed by atoms with Crippen molar-refractivity contribution >= 4 is 40.1 Å². The lowest BCUT2D eigenvalue weighted by Gasteiger charge is -1.98. The van der Waals surface area contributed by atoms with E-state index in [1.807, 2.05) is 66.7 Å². The number of halogens is 1. The van der Waals surface area contributed by atoms with Gasteiger partial charge in [0.2, 0.25) is 4.96 Å². The van der Waals surface area contributed by atoms with Gasteiger partial charge < -0.3 is 0 Å². The summed E-state index contributed by atoms with van der Waals surface area (Å²) >= 11 is 7.57. The first-order valence-corrected chi connectivity index (χ1v) is 8.80. The van der Waals surface area contributed by atoms with Crippen molar-refractivity contribution in [1.29, 1.82) is 0 Å². The predicted molar refractivity (Wildman–Crippen MR) is 103 cm³/mol. The Labute approximate surface area is 152 Å². The highest BCUT2D eigenvalue weighted by atomic mass is 35.5. The number of nitrogens with zero attached hydrogens (tertiary/aromatic N) is 3. The fraction of sp³-hybridized carbons (Fsp3) is 0. The van der Waals surface area contributed by atoms with E-state index in [1.54, 1.807) is 6.08 Å². The van der Waals surface area contributed by atoms with E-state index in [4.69, 9.17) is 11.6 Å². The maximum atomic E-state index is 12.5. The largest absolute Gasteiger partial charge is 0.294 e. The quantitative estimate of drug-likeness (QED) is 0.531. The average Bonchev–Trinajstić information content (AvgIpc) is 3.09. The molecule has 0 atom stereocenters. The molecule has 0 fully saturated rings. The summed E-state index contributed by atoms with van der Waals surface area (Å²) in [7, 11) is 0. The van der Waals surface area contributed by atoms with Gasteiger partial charge in [-0.1, -0.05) is 89.7 Å². The van der Waals surface area contributed by atoms with Gasteiger partial charge in [0.25, 0.3) is 5.56 Å². The molecule has 0 radical (unpaired) electrons. The molecule has 0 aliphatic carbocycles. The molecule has 4 nitrogen and oxygen atoms in total. The van der Waals surface area contributed by atoms with Gasteiger partial charge in [-0.25, -0.2) is 4.98 Å². The molecule has 0 aliphatic heterocycles. The van der Waals surface area contributed by atoms with Crippen LogP contribution in [0.4, 0.5) is 0 Å². The van der Waals surface area contributed by atoms with Gasteiger partial charge >= 0.3 is 0 Å². The average molecular weight is 366 g/mol. The van der Waals surface area contributed by atoms with E-state index in [0.29, 0.717) is 10.7 Å². The summed E-state index contributed by atoms with van der Waals surface area (Å²) in [6.07, 6.45) is 3.63. The molecule has 2 aromatic heterocycles. The molecule has 0 bridgehead atoms. The number of fused-ring (bicyclic) bond motifs is 1. The monoisotopic (exact) mass is 365 g/mol. The van der Waals surface area contributed by atoms with Gasteiger partial charge in [0.05, 0.1) is 5.69 Å². The fourth-order valence-electron chi connectivity index (χ4n) is 2.39. The minimum Gasteiger partial charge on any atom is -0.266 e. The highest BCUT2D eigenvalue weighted by Gasteiger charge is 2.14. The topological polar surface area (TPSA) is 47.3 Å². The normalized spacial score (nSPS) is 11.4. The maximum absolute atomic E-state index is 12.5. The highest BCUT2D eigenvalue weighted by molar-refractivity contribution is 7.19. The number of aromatic nitrogens is 3. The smallest absolute Gasteiger partial charge is 0.266 e. The van der Waals surface area contributed by atoms with Crippen molar-refractivity contribution in [3.05, 3.63) is 87.3 Å². The van der Waals surface area contributed by atoms with Crippen molar-refractivity contribution in [2.24, 2.45) is 0 Å². The molecule has 0 aliphatic rings. The van der Waals surface area contributed by atoms with Gasteiger partial charge in [-0.05, 0) is 11.6 Å². The van der Waals surface area contributed by atoms with Crippen LogP contribution in [0.15, 0.2) is 65.5 Å². The van der Waals surface area contributed by atoms with Crippen molar-refractivity contribution in [2.75, 3.05) is 0 Å². The second-order valence-electron chi connectivity index (χ2n) is 5.33. The van der Waals surface area contributed by atoms with Crippen LogP contribution in [0.2, 0.25) is 5.02 Å². The molecule has 122 valence electrons. The second kappa shape index (κ2) is 6.63. The Morgan fingerprint density at radius 2 is 1.64 bits per heavy atom. The molecule has 2 heterocycles. The predicted octanol–water partition coefficient (Wildman–Crippen LogP) is 4.64. The summed E-state index contributed by atoms with van der Waals surface area (Å²) in [6.45, 7) is 0. The molecule has 6 heteroatoms. The molecular weight excluding hydrogens is 354 g/mol. The number of hydrogen-bond donors (Lipinski definition) is 0. The first-order chi connectivity index (χ1) is 12.2. The molecular formula is C19H12ClN3OS. The van der Waals surface area contributed by atoms with E-state index in [-0.39, 0.29) is 10.6 Å². The van der Waals surface area contributed by atoms with Crippen molar-refractivity contribution in [3.8, 4) is 10.6 Å². The van der Waals surface area contributed by atoms with Crippen molar-refractivity contribution in [1.82, 2.24) is 14.6 Å². The SMILES string of the molecule is O=c1c(Cl)c(/C=C/c2ccccc2)nc2sc(-c3ccccc3)nn12. The van der Waals surface area contributed by atoms with Crippen LogP contribution in [-0.4, -0.2) is 14.6 Å². The van der Waals surface area contributed by atoms with Gasteiger partial charge in [0, 0.05) is 5.56 Å². The van der Waals surface area contributed by atoms with E-state index >= 15 is 0 Å². The van der Waals surface area contributed by atoms with Crippen LogP contribution in [0.25, 0.3) is 27.7 Å². The number of benzene rings is 2. The molecule has 0 N–H and O–H groups in total. The Hall–Kier alpha value is -2.76. The minimum atomic E-state index is -0.363. The van der Waals surface area contributed by atoms with Crippen LogP contribution < -0.4 is 5.56 Å². The third-order valence-electron chi connectivity index (χ3n) is 3.64. The summed E-state index contributed by atoms with van der Waals surface area (Å²) in [4.78, 5) is 17.5. The molecule has 25 heavy (non-hydrogen) atoms. The van der Waals surface area contributed by atoms with E-state index < -0.39 is 0 Å². The summed E-state index contributed by atoms with van der Waals surface area (Å²) < 4.78 is 1.26. The molecule has 0 unspecified atom stereocenters. The maximum Gasteiger partial charge on any atom is 0.294 e. The number of hydrogen-bond acceptors (Lipinski definition) is 4. The third kappa shape index (κ3) is 3.12. The lowest BCUT2D eigenvalue weighted by atomic mass is 10.2. The van der Waals surface area contributed by atoms with Crippen LogP contribution >= 0.6 is 22.9 Å². The fourth-order valence-corrected chi connectivity index (χ4v) is 3.48. The molecule has 2 aromatic carbocycles. The Morgan fingerprint density at radius 1 is 0.960 bits per heavy atom. The van der Waals surface area contributed by atoms with Crippen molar-refractivity contribution in [2.45, 2.75) is 0 Å². The van der Waals surface area contributed by atoms with Gasteiger partial charge in [0.15, 0.2) is 0 Å². The van der Waals surface area contributed by atoms with E-state index in [1.165, 1.54) is 15.9 Å². The first-order valence-electron chi connectivity index (χ1n) is 7.60. The Balaban J connectivity index is 1.81. The van der Waals surface area contributed by atoms with Crippen LogP contribution in [0, 0.1) is 0 Å². The highest BCUT2D eigenvalue weighted by Crippen LogP contribution is 2.25. The third-order valence-corrected chi connectivity index (χ3v) is 4.95.